The highest BCUT2D eigenvalue weighted by Gasteiger charge is 2.47. The van der Waals surface area contributed by atoms with Gasteiger partial charge in [0.2, 0.25) is 12.6 Å². The molecule has 2 saturated heterocycles. The normalized spacial score (nSPS) is 29.8. The number of benzene rings is 3. The van der Waals surface area contributed by atoms with Crippen LogP contribution in [-0.2, 0) is 23.7 Å². The highest BCUT2D eigenvalue weighted by atomic mass is 16.7. The van der Waals surface area contributed by atoms with E-state index in [1.807, 2.05) is 0 Å². The molecule has 284 valence electrons. The van der Waals surface area contributed by atoms with Crippen molar-refractivity contribution in [2.24, 2.45) is 0 Å². The molecule has 0 amide bonds. The number of fused-ring (bicyclic) bond motifs is 1. The average molecular weight is 742 g/mol. The van der Waals surface area contributed by atoms with Gasteiger partial charge in [-0.15, -0.1) is 0 Å². The predicted octanol–water partition coefficient (Wildman–Crippen LogP) is 1.47. The summed E-state index contributed by atoms with van der Waals surface area (Å²) in [5, 5.41) is 94.1. The second-order valence-electron chi connectivity index (χ2n) is 13.1. The quantitative estimate of drug-likeness (QED) is 0.0651. The molecule has 0 aromatic heterocycles. The molecule has 0 radical (unpaired) electrons. The summed E-state index contributed by atoms with van der Waals surface area (Å²) in [7, 11) is 0. The summed E-state index contributed by atoms with van der Waals surface area (Å²) >= 11 is 0. The highest BCUT2D eigenvalue weighted by molar-refractivity contribution is 5.87. The molecule has 10 unspecified atom stereocenters. The maximum atomic E-state index is 12.5. The van der Waals surface area contributed by atoms with Gasteiger partial charge in [-0.05, 0) is 55.3 Å². The van der Waals surface area contributed by atoms with Crippen molar-refractivity contribution in [2.45, 2.75) is 81.7 Å². The Morgan fingerprint density at radius 2 is 1.58 bits per heavy atom. The molecule has 16 nitrogen and oxygen atoms in total. The minimum atomic E-state index is -1.84. The minimum Gasteiger partial charge on any atom is -0.571 e. The number of hydrogen-bond donors (Lipinski definition) is 9. The summed E-state index contributed by atoms with van der Waals surface area (Å²) < 4.78 is 33.6. The van der Waals surface area contributed by atoms with Gasteiger partial charge in [-0.25, -0.2) is 4.79 Å². The third-order valence-corrected chi connectivity index (χ3v) is 9.02. The van der Waals surface area contributed by atoms with E-state index < -0.39 is 79.7 Å². The van der Waals surface area contributed by atoms with Crippen LogP contribution in [0.2, 0.25) is 0 Å². The zero-order valence-electron chi connectivity index (χ0n) is 28.5. The smallest absolute Gasteiger partial charge is 0.330 e. The molecule has 53 heavy (non-hydrogen) atoms. The van der Waals surface area contributed by atoms with E-state index in [-0.39, 0.29) is 52.1 Å². The molecule has 0 spiro atoms. The van der Waals surface area contributed by atoms with E-state index in [9.17, 15) is 50.8 Å². The zero-order chi connectivity index (χ0) is 38.1. The van der Waals surface area contributed by atoms with Gasteiger partial charge < -0.3 is 74.4 Å². The molecule has 0 saturated carbocycles. The van der Waals surface area contributed by atoms with Gasteiger partial charge in [-0.1, -0.05) is 12.1 Å². The summed E-state index contributed by atoms with van der Waals surface area (Å²) in [5.74, 6) is -1.82. The van der Waals surface area contributed by atoms with E-state index in [0.29, 0.717) is 11.1 Å². The molecular weight excluding hydrogens is 700 g/mol. The second-order valence-corrected chi connectivity index (χ2v) is 13.1. The SMILES string of the molecule is Cc1cc(C2[OH+]c3cc(O)cc(OC4OC(C)CC(O)C4O)c3C=C2OC2OC(COC(=O)C=Cc3ccc(O)cc3)C(O)C(O)C2O)cc(O)c1O. The van der Waals surface area contributed by atoms with Crippen LogP contribution in [-0.4, -0.2) is 119 Å². The molecule has 3 heterocycles. The van der Waals surface area contributed by atoms with Gasteiger partial charge in [0.15, 0.2) is 17.3 Å². The lowest BCUT2D eigenvalue weighted by Gasteiger charge is -2.40. The van der Waals surface area contributed by atoms with Gasteiger partial charge in [0.05, 0.1) is 23.8 Å². The number of rotatable bonds is 9. The summed E-state index contributed by atoms with van der Waals surface area (Å²) in [4.78, 5) is 12.5. The molecule has 3 aromatic carbocycles. The molecule has 6 rings (SSSR count). The summed E-state index contributed by atoms with van der Waals surface area (Å²) in [6, 6.07) is 11.3. The van der Waals surface area contributed by atoms with Crippen molar-refractivity contribution < 1.29 is 79.2 Å². The van der Waals surface area contributed by atoms with E-state index in [1.165, 1.54) is 48.6 Å². The number of aliphatic hydroxyl groups excluding tert-OH is 5. The molecule has 10 atom stereocenters. The Kier molecular flexibility index (Phi) is 11.0. The lowest BCUT2D eigenvalue weighted by Crippen LogP contribution is -2.59. The van der Waals surface area contributed by atoms with Gasteiger partial charge in [-0.3, -0.25) is 0 Å². The van der Waals surface area contributed by atoms with E-state index in [0.717, 1.165) is 6.08 Å². The highest BCUT2D eigenvalue weighted by Crippen LogP contribution is 2.47. The van der Waals surface area contributed by atoms with Gasteiger partial charge in [-0.2, -0.15) is 0 Å². The standard InChI is InChI=1S/C37H40O16/c1-16-9-19(11-24(41)30(16)43)35-27(14-22-25(50-35)12-21(39)13-26(22)51-36-31(44)23(40)10-17(2)49-36)52-37-34(47)33(46)32(45)28(53-37)15-48-29(42)8-5-18-3-6-20(38)7-4-18/h3-9,11-14,17,23,28,31-41,43-47H,10,15H2,1-2H3/p+1. The first-order valence-corrected chi connectivity index (χ1v) is 16.7. The number of aryl methyl sites for hydroxylation is 1. The number of phenols is 4. The maximum absolute atomic E-state index is 12.5. The number of ether oxygens (including phenoxy) is 6. The number of hydrogen-bond acceptors (Lipinski definition) is 15. The molecular formula is C37H41O16+. The Morgan fingerprint density at radius 1 is 0.868 bits per heavy atom. The Labute approximate surface area is 302 Å². The van der Waals surface area contributed by atoms with E-state index in [4.69, 9.17) is 28.4 Å². The molecule has 3 aliphatic rings. The van der Waals surface area contributed by atoms with Crippen LogP contribution in [0.4, 0.5) is 0 Å². The van der Waals surface area contributed by atoms with Crippen LogP contribution in [0.3, 0.4) is 0 Å². The molecule has 3 aromatic rings. The monoisotopic (exact) mass is 741 g/mol. The largest absolute Gasteiger partial charge is 0.571 e. The van der Waals surface area contributed by atoms with Crippen molar-refractivity contribution >= 4 is 18.1 Å². The van der Waals surface area contributed by atoms with Crippen molar-refractivity contribution in [2.75, 3.05) is 6.61 Å². The molecule has 3 aliphatic heterocycles. The number of carbonyl (C=O) groups is 1. The van der Waals surface area contributed by atoms with Crippen molar-refractivity contribution in [3.8, 4) is 34.5 Å². The number of esters is 1. The van der Waals surface area contributed by atoms with E-state index >= 15 is 0 Å². The molecule has 0 aliphatic carbocycles. The fourth-order valence-corrected chi connectivity index (χ4v) is 6.15. The molecule has 10 N–H and O–H groups in total. The fraction of sp³-hybridized carbons (Fsp3) is 0.378. The minimum absolute atomic E-state index is 0.0379. The Balaban J connectivity index is 1.29. The lowest BCUT2D eigenvalue weighted by molar-refractivity contribution is -0.296. The van der Waals surface area contributed by atoms with Crippen molar-refractivity contribution in [3.05, 3.63) is 82.6 Å². The topological polar surface area (TPSA) is 258 Å². The summed E-state index contributed by atoms with van der Waals surface area (Å²) in [6.45, 7) is 2.67. The van der Waals surface area contributed by atoms with Gasteiger partial charge >= 0.3 is 5.97 Å². The number of carbonyl (C=O) groups excluding carboxylic acids is 1. The number of aliphatic hydroxyl groups is 6. The first-order valence-electron chi connectivity index (χ1n) is 16.7. The van der Waals surface area contributed by atoms with E-state index in [2.05, 4.69) is 0 Å². The van der Waals surface area contributed by atoms with Gasteiger partial charge in [0.1, 0.15) is 59.9 Å². The maximum Gasteiger partial charge on any atom is 0.330 e. The van der Waals surface area contributed by atoms with Crippen molar-refractivity contribution in [1.82, 2.24) is 0 Å². The van der Waals surface area contributed by atoms with Crippen LogP contribution < -0.4 is 4.74 Å². The third-order valence-electron chi connectivity index (χ3n) is 9.02. The van der Waals surface area contributed by atoms with Crippen LogP contribution in [0.25, 0.3) is 12.2 Å². The molecule has 2 fully saturated rings. The van der Waals surface area contributed by atoms with Gasteiger partial charge in [0, 0.05) is 24.6 Å². The first kappa shape index (κ1) is 37.7. The van der Waals surface area contributed by atoms with Crippen LogP contribution in [0.5, 0.6) is 34.5 Å². The van der Waals surface area contributed by atoms with Gasteiger partial charge in [0.25, 0.3) is 11.9 Å². The predicted molar refractivity (Wildman–Crippen MR) is 182 cm³/mol. The van der Waals surface area contributed by atoms with Crippen LogP contribution in [0.1, 0.15) is 41.7 Å². The Hall–Kier alpha value is -5.07. The van der Waals surface area contributed by atoms with E-state index in [1.54, 1.807) is 26.0 Å². The third kappa shape index (κ3) is 8.29. The number of aromatic hydroxyl groups is 5. The summed E-state index contributed by atoms with van der Waals surface area (Å²) in [5.41, 5.74) is 1.37. The first-order chi connectivity index (χ1) is 25.2. The Morgan fingerprint density at radius 3 is 2.30 bits per heavy atom. The zero-order valence-corrected chi connectivity index (χ0v) is 28.5. The Bertz CT molecular complexity index is 1830. The average Bonchev–Trinajstić information content (AvgIpc) is 3.11. The van der Waals surface area contributed by atoms with Crippen molar-refractivity contribution in [3.63, 3.8) is 0 Å². The summed E-state index contributed by atoms with van der Waals surface area (Å²) in [6.07, 6.45) is -9.85. The number of phenolic OH excluding ortho intramolecular Hbond substituents is 4. The van der Waals surface area contributed by atoms with Crippen LogP contribution >= 0.6 is 0 Å². The lowest BCUT2D eigenvalue weighted by atomic mass is 9.97. The fourth-order valence-electron chi connectivity index (χ4n) is 6.15. The second kappa shape index (κ2) is 15.5. The van der Waals surface area contributed by atoms with Crippen LogP contribution in [0.15, 0.2) is 60.4 Å². The van der Waals surface area contributed by atoms with Crippen molar-refractivity contribution in [1.29, 1.82) is 0 Å². The van der Waals surface area contributed by atoms with Crippen LogP contribution in [0, 0.1) is 6.92 Å². The molecule has 0 bridgehead atoms. The molecule has 16 heteroatoms.